The van der Waals surface area contributed by atoms with Crippen molar-refractivity contribution in [1.29, 1.82) is 0 Å². The number of oxime groups is 1. The van der Waals surface area contributed by atoms with Crippen LogP contribution in [0, 0.1) is 0 Å². The average Bonchev–Trinajstić information content (AvgIpc) is 2.28. The van der Waals surface area contributed by atoms with Gasteiger partial charge in [0.25, 0.3) is 0 Å². The van der Waals surface area contributed by atoms with Gasteiger partial charge in [0, 0.05) is 33.1 Å². The van der Waals surface area contributed by atoms with Crippen molar-refractivity contribution in [3.8, 4) is 0 Å². The predicted molar refractivity (Wildman–Crippen MR) is 61.3 cm³/mol. The van der Waals surface area contributed by atoms with Crippen LogP contribution in [0.15, 0.2) is 5.16 Å². The normalized spacial score (nSPS) is 19.9. The van der Waals surface area contributed by atoms with E-state index in [4.69, 9.17) is 10.9 Å². The van der Waals surface area contributed by atoms with E-state index in [2.05, 4.69) is 10.1 Å². The molecule has 0 atom stereocenters. The summed E-state index contributed by atoms with van der Waals surface area (Å²) < 4.78 is 0. The van der Waals surface area contributed by atoms with Crippen molar-refractivity contribution < 1.29 is 10.0 Å². The van der Waals surface area contributed by atoms with Crippen LogP contribution in [0.5, 0.6) is 0 Å². The predicted octanol–water partition coefficient (Wildman–Crippen LogP) is -0.324. The highest BCUT2D eigenvalue weighted by atomic mass is 16.4. The Morgan fingerprint density at radius 2 is 1.81 bits per heavy atom. The van der Waals surface area contributed by atoms with Crippen molar-refractivity contribution in [3.05, 3.63) is 0 Å². The third-order valence-corrected chi connectivity index (χ3v) is 3.25. The van der Waals surface area contributed by atoms with Gasteiger partial charge >= 0.3 is 0 Å². The lowest BCUT2D eigenvalue weighted by molar-refractivity contribution is -0.131. The van der Waals surface area contributed by atoms with Crippen LogP contribution in [-0.2, 0) is 4.79 Å². The van der Waals surface area contributed by atoms with Crippen LogP contribution in [0.25, 0.3) is 0 Å². The molecule has 92 valence electrons. The molecule has 0 aliphatic carbocycles. The molecule has 3 N–H and O–H groups in total. The maximum absolute atomic E-state index is 11.2. The molecule has 1 rings (SSSR count). The number of piperazine rings is 1. The minimum atomic E-state index is -0.475. The monoisotopic (exact) mass is 228 g/mol. The standard InChI is InChI=1S/C10H20N4O2/c1-8(15)13-4-6-14(7-5-13)10(2,3)9(11)12-16/h16H,4-7H2,1-3H3,(H2,11,12). The summed E-state index contributed by atoms with van der Waals surface area (Å²) in [5.41, 5.74) is 5.18. The molecule has 0 saturated carbocycles. The van der Waals surface area contributed by atoms with Gasteiger partial charge in [-0.2, -0.15) is 0 Å². The summed E-state index contributed by atoms with van der Waals surface area (Å²) in [5, 5.41) is 11.8. The van der Waals surface area contributed by atoms with Crippen molar-refractivity contribution in [2.24, 2.45) is 10.9 Å². The van der Waals surface area contributed by atoms with Gasteiger partial charge in [0.1, 0.15) is 0 Å². The van der Waals surface area contributed by atoms with E-state index in [9.17, 15) is 4.79 Å². The molecule has 0 bridgehead atoms. The van der Waals surface area contributed by atoms with Gasteiger partial charge in [0.05, 0.1) is 5.54 Å². The third kappa shape index (κ3) is 2.44. The first-order valence-corrected chi connectivity index (χ1v) is 5.38. The number of nitrogens with two attached hydrogens (primary N) is 1. The molecule has 0 spiro atoms. The topological polar surface area (TPSA) is 82.2 Å². The van der Waals surface area contributed by atoms with E-state index in [0.29, 0.717) is 13.1 Å². The molecule has 1 amide bonds. The second kappa shape index (κ2) is 4.69. The number of carbonyl (C=O) groups excluding carboxylic acids is 1. The van der Waals surface area contributed by atoms with E-state index >= 15 is 0 Å². The Kier molecular flexibility index (Phi) is 3.74. The Hall–Kier alpha value is -1.30. The molecular weight excluding hydrogens is 208 g/mol. The van der Waals surface area contributed by atoms with Gasteiger partial charge in [-0.25, -0.2) is 0 Å². The van der Waals surface area contributed by atoms with Crippen molar-refractivity contribution in [2.75, 3.05) is 26.2 Å². The molecule has 6 heteroatoms. The van der Waals surface area contributed by atoms with Crippen molar-refractivity contribution in [3.63, 3.8) is 0 Å². The molecule has 0 aromatic heterocycles. The molecule has 0 aromatic carbocycles. The molecule has 1 saturated heterocycles. The Bertz CT molecular complexity index is 293. The minimum absolute atomic E-state index is 0.0984. The lowest BCUT2D eigenvalue weighted by Gasteiger charge is -2.42. The number of nitrogens with zero attached hydrogens (tertiary/aromatic N) is 3. The van der Waals surface area contributed by atoms with Crippen LogP contribution in [0.4, 0.5) is 0 Å². The second-order valence-electron chi connectivity index (χ2n) is 4.54. The van der Waals surface area contributed by atoms with E-state index in [1.54, 1.807) is 11.8 Å². The van der Waals surface area contributed by atoms with Gasteiger partial charge in [-0.1, -0.05) is 5.16 Å². The van der Waals surface area contributed by atoms with E-state index in [1.165, 1.54) is 0 Å². The number of rotatable bonds is 2. The Morgan fingerprint density at radius 3 is 2.19 bits per heavy atom. The maximum atomic E-state index is 11.2. The smallest absolute Gasteiger partial charge is 0.219 e. The van der Waals surface area contributed by atoms with E-state index in [-0.39, 0.29) is 11.7 Å². The van der Waals surface area contributed by atoms with Crippen LogP contribution >= 0.6 is 0 Å². The molecule has 1 aliphatic heterocycles. The molecule has 1 aliphatic rings. The Labute approximate surface area is 95.7 Å². The molecule has 6 nitrogen and oxygen atoms in total. The van der Waals surface area contributed by atoms with E-state index < -0.39 is 5.54 Å². The lowest BCUT2D eigenvalue weighted by Crippen LogP contribution is -2.60. The molecule has 0 unspecified atom stereocenters. The van der Waals surface area contributed by atoms with Crippen LogP contribution in [-0.4, -0.2) is 58.5 Å². The summed E-state index contributed by atoms with van der Waals surface area (Å²) in [6.07, 6.45) is 0. The maximum Gasteiger partial charge on any atom is 0.219 e. The van der Waals surface area contributed by atoms with Crippen LogP contribution in [0.3, 0.4) is 0 Å². The molecule has 16 heavy (non-hydrogen) atoms. The Balaban J connectivity index is 2.63. The summed E-state index contributed by atoms with van der Waals surface area (Å²) in [5.74, 6) is 0.296. The first-order valence-electron chi connectivity index (χ1n) is 5.38. The molecule has 0 aromatic rings. The van der Waals surface area contributed by atoms with Gasteiger partial charge in [-0.3, -0.25) is 9.69 Å². The quantitative estimate of drug-likeness (QED) is 0.293. The summed E-state index contributed by atoms with van der Waals surface area (Å²) in [6.45, 7) is 8.25. The van der Waals surface area contributed by atoms with Gasteiger partial charge in [-0.05, 0) is 13.8 Å². The fraction of sp³-hybridized carbons (Fsp3) is 0.800. The van der Waals surface area contributed by atoms with Crippen LogP contribution < -0.4 is 5.73 Å². The third-order valence-electron chi connectivity index (χ3n) is 3.25. The van der Waals surface area contributed by atoms with E-state index in [0.717, 1.165) is 13.1 Å². The molecule has 1 fully saturated rings. The summed E-state index contributed by atoms with van der Waals surface area (Å²) >= 11 is 0. The highest BCUT2D eigenvalue weighted by molar-refractivity contribution is 5.88. The zero-order valence-electron chi connectivity index (χ0n) is 10.1. The molecule has 0 radical (unpaired) electrons. The zero-order chi connectivity index (χ0) is 12.3. The molecule has 1 heterocycles. The minimum Gasteiger partial charge on any atom is -0.409 e. The van der Waals surface area contributed by atoms with Crippen molar-refractivity contribution in [2.45, 2.75) is 26.3 Å². The van der Waals surface area contributed by atoms with Crippen molar-refractivity contribution >= 4 is 11.7 Å². The summed E-state index contributed by atoms with van der Waals surface area (Å²) in [7, 11) is 0. The summed E-state index contributed by atoms with van der Waals surface area (Å²) in [6, 6.07) is 0. The largest absolute Gasteiger partial charge is 0.409 e. The van der Waals surface area contributed by atoms with Gasteiger partial charge in [0.2, 0.25) is 5.91 Å². The summed E-state index contributed by atoms with van der Waals surface area (Å²) in [4.78, 5) is 15.1. The van der Waals surface area contributed by atoms with Gasteiger partial charge < -0.3 is 15.8 Å². The van der Waals surface area contributed by atoms with Crippen LogP contribution in [0.1, 0.15) is 20.8 Å². The Morgan fingerprint density at radius 1 is 1.31 bits per heavy atom. The fourth-order valence-corrected chi connectivity index (χ4v) is 1.86. The van der Waals surface area contributed by atoms with Gasteiger partial charge in [-0.15, -0.1) is 0 Å². The highest BCUT2D eigenvalue weighted by Gasteiger charge is 2.34. The highest BCUT2D eigenvalue weighted by Crippen LogP contribution is 2.17. The van der Waals surface area contributed by atoms with Crippen LogP contribution in [0.2, 0.25) is 0 Å². The number of hydrogen-bond donors (Lipinski definition) is 2. The fourth-order valence-electron chi connectivity index (χ4n) is 1.86. The zero-order valence-corrected chi connectivity index (χ0v) is 10.1. The van der Waals surface area contributed by atoms with Crippen molar-refractivity contribution in [1.82, 2.24) is 9.80 Å². The lowest BCUT2D eigenvalue weighted by atomic mass is 10.0. The number of hydrogen-bond acceptors (Lipinski definition) is 4. The number of amides is 1. The SMILES string of the molecule is CC(=O)N1CCN(C(C)(C)C(N)=NO)CC1. The first kappa shape index (κ1) is 12.8. The molecular formula is C10H20N4O2. The van der Waals surface area contributed by atoms with E-state index in [1.807, 2.05) is 13.8 Å². The number of carbonyl (C=O) groups is 1. The number of amidine groups is 1. The second-order valence-corrected chi connectivity index (χ2v) is 4.54. The average molecular weight is 228 g/mol. The van der Waals surface area contributed by atoms with Gasteiger partial charge in [0.15, 0.2) is 5.84 Å². The first-order chi connectivity index (χ1) is 7.39.